The highest BCUT2D eigenvalue weighted by Crippen LogP contribution is 2.28. The third kappa shape index (κ3) is 3.56. The summed E-state index contributed by atoms with van der Waals surface area (Å²) in [5, 5.41) is 3.06. The fourth-order valence-corrected chi connectivity index (χ4v) is 4.46. The Morgan fingerprint density at radius 3 is 2.19 bits per heavy atom. The third-order valence-electron chi connectivity index (χ3n) is 5.86. The molecule has 4 aromatic rings. The zero-order valence-corrected chi connectivity index (χ0v) is 17.8. The van der Waals surface area contributed by atoms with Crippen LogP contribution < -0.4 is 0 Å². The van der Waals surface area contributed by atoms with Crippen molar-refractivity contribution in [2.45, 2.75) is 0 Å². The summed E-state index contributed by atoms with van der Waals surface area (Å²) in [6.45, 7) is 1.53. The molecule has 0 bridgehead atoms. The largest absolute Gasteiger partial charge is 0.335 e. The van der Waals surface area contributed by atoms with E-state index < -0.39 is 5.82 Å². The minimum Gasteiger partial charge on any atom is -0.335 e. The molecule has 0 N–H and O–H groups in total. The Kier molecular flexibility index (Phi) is 5.23. The molecule has 0 aliphatic carbocycles. The summed E-state index contributed by atoms with van der Waals surface area (Å²) in [5.74, 6) is -0.857. The first-order valence-electron chi connectivity index (χ1n) is 10.3. The minimum atomic E-state index is -0.488. The molecular formula is C25H19ClFN3O2. The van der Waals surface area contributed by atoms with E-state index in [0.717, 1.165) is 22.2 Å². The molecule has 5 rings (SSSR count). The number of benzene rings is 3. The number of carbonyl (C=O) groups is 2. The zero-order valence-electron chi connectivity index (χ0n) is 17.1. The second kappa shape index (κ2) is 8.20. The second-order valence-electron chi connectivity index (χ2n) is 7.75. The Morgan fingerprint density at radius 1 is 0.812 bits per heavy atom. The maximum Gasteiger partial charge on any atom is 0.256 e. The lowest BCUT2D eigenvalue weighted by molar-refractivity contribution is 0.0536. The molecule has 0 radical (unpaired) electrons. The molecule has 7 heteroatoms. The van der Waals surface area contributed by atoms with Crippen molar-refractivity contribution < 1.29 is 14.0 Å². The van der Waals surface area contributed by atoms with Gasteiger partial charge in [0.25, 0.3) is 11.8 Å². The number of hydrogen-bond acceptors (Lipinski definition) is 3. The highest BCUT2D eigenvalue weighted by atomic mass is 35.5. The van der Waals surface area contributed by atoms with Gasteiger partial charge >= 0.3 is 0 Å². The van der Waals surface area contributed by atoms with Crippen molar-refractivity contribution in [2.75, 3.05) is 26.2 Å². The van der Waals surface area contributed by atoms with Gasteiger partial charge in [0.1, 0.15) is 5.82 Å². The Hall–Kier alpha value is -3.51. The lowest BCUT2D eigenvalue weighted by Crippen LogP contribution is -2.50. The molecule has 1 aromatic heterocycles. The quantitative estimate of drug-likeness (QED) is 0.415. The van der Waals surface area contributed by atoms with E-state index in [9.17, 15) is 14.0 Å². The van der Waals surface area contributed by atoms with Gasteiger partial charge in [-0.1, -0.05) is 41.9 Å². The van der Waals surface area contributed by atoms with Gasteiger partial charge in [0.2, 0.25) is 0 Å². The van der Waals surface area contributed by atoms with Crippen molar-refractivity contribution >= 4 is 45.1 Å². The number of aromatic nitrogens is 1. The van der Waals surface area contributed by atoms with Crippen LogP contribution in [0.15, 0.2) is 66.9 Å². The van der Waals surface area contributed by atoms with E-state index in [1.807, 2.05) is 42.5 Å². The summed E-state index contributed by atoms with van der Waals surface area (Å²) in [6.07, 6.45) is 1.69. The first kappa shape index (κ1) is 20.4. The maximum atomic E-state index is 13.4. The maximum absolute atomic E-state index is 13.4. The predicted molar refractivity (Wildman–Crippen MR) is 122 cm³/mol. The van der Waals surface area contributed by atoms with Crippen LogP contribution in [0.5, 0.6) is 0 Å². The summed E-state index contributed by atoms with van der Waals surface area (Å²) in [7, 11) is 0. The predicted octanol–water partition coefficient (Wildman–Crippen LogP) is 4.78. The Morgan fingerprint density at radius 2 is 1.47 bits per heavy atom. The number of fused-ring (bicyclic) bond motifs is 3. The van der Waals surface area contributed by atoms with Gasteiger partial charge in [-0.25, -0.2) is 4.39 Å². The van der Waals surface area contributed by atoms with Crippen molar-refractivity contribution in [3.05, 3.63) is 88.8 Å². The van der Waals surface area contributed by atoms with Gasteiger partial charge in [-0.05, 0) is 41.1 Å². The van der Waals surface area contributed by atoms with Crippen molar-refractivity contribution in [3.8, 4) is 0 Å². The molecule has 1 saturated heterocycles. The molecule has 5 nitrogen and oxygen atoms in total. The van der Waals surface area contributed by atoms with Gasteiger partial charge in [0, 0.05) is 37.8 Å². The molecule has 3 aromatic carbocycles. The van der Waals surface area contributed by atoms with Crippen LogP contribution in [-0.4, -0.2) is 52.8 Å². The Bertz CT molecular complexity index is 1370. The highest BCUT2D eigenvalue weighted by molar-refractivity contribution is 6.33. The van der Waals surface area contributed by atoms with Crippen LogP contribution in [-0.2, 0) is 0 Å². The summed E-state index contributed by atoms with van der Waals surface area (Å²) < 4.78 is 13.3. The van der Waals surface area contributed by atoms with E-state index in [1.165, 1.54) is 12.1 Å². The molecule has 160 valence electrons. The van der Waals surface area contributed by atoms with Gasteiger partial charge in [-0.3, -0.25) is 14.6 Å². The van der Waals surface area contributed by atoms with Crippen molar-refractivity contribution in [3.63, 3.8) is 0 Å². The minimum absolute atomic E-state index is 0.0854. The number of hydrogen-bond donors (Lipinski definition) is 0. The topological polar surface area (TPSA) is 53.5 Å². The fourth-order valence-electron chi connectivity index (χ4n) is 4.21. The molecule has 2 heterocycles. The molecule has 1 aliphatic heterocycles. The van der Waals surface area contributed by atoms with Crippen LogP contribution in [0, 0.1) is 5.82 Å². The first-order valence-corrected chi connectivity index (χ1v) is 10.7. The van der Waals surface area contributed by atoms with Crippen LogP contribution in [0.2, 0.25) is 5.02 Å². The molecule has 1 fully saturated rings. The van der Waals surface area contributed by atoms with Gasteiger partial charge in [0.15, 0.2) is 0 Å². The molecule has 32 heavy (non-hydrogen) atoms. The number of pyridine rings is 1. The number of rotatable bonds is 2. The van der Waals surface area contributed by atoms with Crippen molar-refractivity contribution in [1.82, 2.24) is 14.8 Å². The highest BCUT2D eigenvalue weighted by Gasteiger charge is 2.28. The SMILES string of the molecule is O=C(c1ccc(F)cc1Cl)N1CCN(C(=O)c2cc3ccccc3c3cccnc23)CC1. The fraction of sp³-hybridized carbons (Fsp3) is 0.160. The Labute approximate surface area is 189 Å². The molecule has 0 unspecified atom stereocenters. The normalized spacial score (nSPS) is 14.2. The van der Waals surface area contributed by atoms with E-state index in [2.05, 4.69) is 4.98 Å². The average molecular weight is 448 g/mol. The van der Waals surface area contributed by atoms with Crippen molar-refractivity contribution in [2.24, 2.45) is 0 Å². The first-order chi connectivity index (χ1) is 15.5. The van der Waals surface area contributed by atoms with Gasteiger partial charge in [0.05, 0.1) is 21.7 Å². The zero-order chi connectivity index (χ0) is 22.2. The second-order valence-corrected chi connectivity index (χ2v) is 8.16. The Balaban J connectivity index is 1.39. The number of amides is 2. The van der Waals surface area contributed by atoms with Crippen LogP contribution in [0.25, 0.3) is 21.7 Å². The van der Waals surface area contributed by atoms with Gasteiger partial charge < -0.3 is 9.80 Å². The number of carbonyl (C=O) groups excluding carboxylic acids is 2. The van der Waals surface area contributed by atoms with Gasteiger partial charge in [-0.15, -0.1) is 0 Å². The summed E-state index contributed by atoms with van der Waals surface area (Å²) in [5.41, 5.74) is 1.49. The molecule has 0 saturated carbocycles. The lowest BCUT2D eigenvalue weighted by Gasteiger charge is -2.35. The molecule has 0 spiro atoms. The summed E-state index contributed by atoms with van der Waals surface area (Å²) in [6, 6.07) is 17.4. The van der Waals surface area contributed by atoms with Gasteiger partial charge in [-0.2, -0.15) is 0 Å². The van der Waals surface area contributed by atoms with E-state index >= 15 is 0 Å². The van der Waals surface area contributed by atoms with E-state index in [0.29, 0.717) is 37.3 Å². The van der Waals surface area contributed by atoms with E-state index in [-0.39, 0.29) is 22.4 Å². The van der Waals surface area contributed by atoms with E-state index in [4.69, 9.17) is 11.6 Å². The van der Waals surface area contributed by atoms with E-state index in [1.54, 1.807) is 16.0 Å². The molecular weight excluding hydrogens is 429 g/mol. The standard InChI is InChI=1S/C25H19ClFN3O2/c26-22-15-17(27)7-8-20(22)24(31)29-10-12-30(13-11-29)25(32)21-14-16-4-1-2-5-18(16)19-6-3-9-28-23(19)21/h1-9,14-15H,10-13H2. The van der Waals surface area contributed by atoms with Crippen LogP contribution >= 0.6 is 11.6 Å². The molecule has 0 atom stereocenters. The molecule has 1 aliphatic rings. The number of piperazine rings is 1. The lowest BCUT2D eigenvalue weighted by atomic mass is 10.00. The molecule has 2 amide bonds. The number of halogens is 2. The third-order valence-corrected chi connectivity index (χ3v) is 6.17. The van der Waals surface area contributed by atoms with Crippen molar-refractivity contribution in [1.29, 1.82) is 0 Å². The van der Waals surface area contributed by atoms with Crippen LogP contribution in [0.1, 0.15) is 20.7 Å². The van der Waals surface area contributed by atoms with Crippen LogP contribution in [0.4, 0.5) is 4.39 Å². The smallest absolute Gasteiger partial charge is 0.256 e. The average Bonchev–Trinajstić information content (AvgIpc) is 2.83. The number of nitrogens with zero attached hydrogens (tertiary/aromatic N) is 3. The summed E-state index contributed by atoms with van der Waals surface area (Å²) in [4.78, 5) is 34.1. The summed E-state index contributed by atoms with van der Waals surface area (Å²) >= 11 is 6.05. The monoisotopic (exact) mass is 447 g/mol. The van der Waals surface area contributed by atoms with Crippen LogP contribution in [0.3, 0.4) is 0 Å².